The van der Waals surface area contributed by atoms with Gasteiger partial charge in [-0.2, -0.15) is 0 Å². The largest absolute Gasteiger partial charge is 0.448 e. The molecule has 1 N–H and O–H groups in total. The number of ether oxygens (including phenoxy) is 1. The third-order valence-electron chi connectivity index (χ3n) is 5.97. The summed E-state index contributed by atoms with van der Waals surface area (Å²) in [7, 11) is 0. The van der Waals surface area contributed by atoms with Gasteiger partial charge in [0, 0.05) is 25.0 Å². The van der Waals surface area contributed by atoms with Crippen LogP contribution < -0.4 is 5.32 Å². The van der Waals surface area contributed by atoms with E-state index in [9.17, 15) is 4.79 Å². The molecule has 4 nitrogen and oxygen atoms in total. The van der Waals surface area contributed by atoms with Crippen molar-refractivity contribution in [1.82, 2.24) is 10.2 Å². The zero-order valence-electron chi connectivity index (χ0n) is 14.2. The van der Waals surface area contributed by atoms with Crippen LogP contribution in [0.5, 0.6) is 0 Å². The summed E-state index contributed by atoms with van der Waals surface area (Å²) < 4.78 is 5.79. The number of carbonyl (C=O) groups excluding carboxylic acids is 1. The van der Waals surface area contributed by atoms with Crippen molar-refractivity contribution in [3.05, 3.63) is 59.7 Å². The van der Waals surface area contributed by atoms with Gasteiger partial charge in [0.2, 0.25) is 0 Å². The van der Waals surface area contributed by atoms with Crippen molar-refractivity contribution in [3.8, 4) is 11.1 Å². The van der Waals surface area contributed by atoms with Gasteiger partial charge < -0.3 is 15.0 Å². The maximum atomic E-state index is 12.6. The molecule has 2 aromatic carbocycles. The number of fused-ring (bicyclic) bond motifs is 4. The number of nitrogens with zero attached hydrogens (tertiary/aromatic N) is 1. The molecule has 0 radical (unpaired) electrons. The standard InChI is InChI=1S/C21H22N2O2/c24-21(23-12-11-22-19-9-10-20(19)23)25-13-18-16-7-3-1-5-14(16)15-6-2-4-8-17(15)18/h1-8,18-20,22H,9-13H2. The second-order valence-electron chi connectivity index (χ2n) is 7.20. The molecule has 0 aromatic heterocycles. The molecular formula is C21H22N2O2. The topological polar surface area (TPSA) is 41.6 Å². The molecule has 1 amide bonds. The van der Waals surface area contributed by atoms with Gasteiger partial charge in [-0.15, -0.1) is 0 Å². The highest BCUT2D eigenvalue weighted by atomic mass is 16.6. The summed E-state index contributed by atoms with van der Waals surface area (Å²) in [5.74, 6) is 0.136. The van der Waals surface area contributed by atoms with Crippen LogP contribution in [0.4, 0.5) is 4.79 Å². The lowest BCUT2D eigenvalue weighted by Gasteiger charge is -2.48. The molecule has 128 valence electrons. The van der Waals surface area contributed by atoms with Gasteiger partial charge in [0.15, 0.2) is 0 Å². The first-order chi connectivity index (χ1) is 12.3. The van der Waals surface area contributed by atoms with Gasteiger partial charge in [0.25, 0.3) is 0 Å². The van der Waals surface area contributed by atoms with Crippen molar-refractivity contribution < 1.29 is 9.53 Å². The summed E-state index contributed by atoms with van der Waals surface area (Å²) in [6.45, 7) is 2.03. The summed E-state index contributed by atoms with van der Waals surface area (Å²) >= 11 is 0. The summed E-state index contributed by atoms with van der Waals surface area (Å²) in [4.78, 5) is 14.6. The van der Waals surface area contributed by atoms with Crippen LogP contribution in [0.2, 0.25) is 0 Å². The van der Waals surface area contributed by atoms with Crippen LogP contribution in [0.1, 0.15) is 29.9 Å². The number of benzene rings is 2. The molecule has 1 saturated heterocycles. The van der Waals surface area contributed by atoms with E-state index in [0.29, 0.717) is 18.7 Å². The predicted octanol–water partition coefficient (Wildman–Crippen LogP) is 3.37. The highest BCUT2D eigenvalue weighted by molar-refractivity contribution is 5.79. The molecule has 2 atom stereocenters. The molecule has 1 heterocycles. The molecule has 4 heteroatoms. The quantitative estimate of drug-likeness (QED) is 0.915. The lowest BCUT2D eigenvalue weighted by molar-refractivity contribution is 0.0310. The number of nitrogens with one attached hydrogen (secondary N) is 1. The molecule has 1 saturated carbocycles. The van der Waals surface area contributed by atoms with Crippen LogP contribution in [0.15, 0.2) is 48.5 Å². The molecule has 2 aromatic rings. The van der Waals surface area contributed by atoms with Gasteiger partial charge in [-0.3, -0.25) is 0 Å². The maximum absolute atomic E-state index is 12.6. The Balaban J connectivity index is 1.35. The van der Waals surface area contributed by atoms with Crippen molar-refractivity contribution in [2.24, 2.45) is 0 Å². The molecule has 0 spiro atoms. The Labute approximate surface area is 147 Å². The van der Waals surface area contributed by atoms with Crippen LogP contribution in [0.3, 0.4) is 0 Å². The number of hydrogen-bond donors (Lipinski definition) is 1. The second kappa shape index (κ2) is 5.88. The Bertz CT molecular complexity index is 774. The van der Waals surface area contributed by atoms with E-state index in [1.165, 1.54) is 22.3 Å². The van der Waals surface area contributed by atoms with Crippen LogP contribution >= 0.6 is 0 Å². The minimum atomic E-state index is -0.155. The minimum absolute atomic E-state index is 0.136. The number of rotatable bonds is 2. The first-order valence-electron chi connectivity index (χ1n) is 9.18. The molecule has 2 fully saturated rings. The van der Waals surface area contributed by atoms with Gasteiger partial charge in [-0.25, -0.2) is 4.79 Å². The lowest BCUT2D eigenvalue weighted by atomic mass is 9.83. The molecular weight excluding hydrogens is 312 g/mol. The molecule has 0 bridgehead atoms. The van der Waals surface area contributed by atoms with E-state index in [0.717, 1.165) is 25.9 Å². The van der Waals surface area contributed by atoms with Gasteiger partial charge in [0.05, 0.1) is 6.04 Å². The fourth-order valence-corrected chi connectivity index (χ4v) is 4.53. The number of amides is 1. The van der Waals surface area contributed by atoms with E-state index in [1.54, 1.807) is 0 Å². The maximum Gasteiger partial charge on any atom is 0.410 e. The summed E-state index contributed by atoms with van der Waals surface area (Å²) in [6, 6.07) is 17.7. The smallest absolute Gasteiger partial charge is 0.410 e. The number of hydrogen-bond acceptors (Lipinski definition) is 3. The highest BCUT2D eigenvalue weighted by Gasteiger charge is 2.41. The van der Waals surface area contributed by atoms with Crippen molar-refractivity contribution in [3.63, 3.8) is 0 Å². The number of piperazine rings is 1. The first-order valence-corrected chi connectivity index (χ1v) is 9.18. The van der Waals surface area contributed by atoms with Gasteiger partial charge >= 0.3 is 6.09 Å². The lowest BCUT2D eigenvalue weighted by Crippen LogP contribution is -2.64. The predicted molar refractivity (Wildman–Crippen MR) is 96.6 cm³/mol. The average molecular weight is 334 g/mol. The van der Waals surface area contributed by atoms with E-state index < -0.39 is 0 Å². The van der Waals surface area contributed by atoms with Crippen LogP contribution in [0.25, 0.3) is 11.1 Å². The zero-order chi connectivity index (χ0) is 16.8. The fourth-order valence-electron chi connectivity index (χ4n) is 4.53. The summed E-state index contributed by atoms with van der Waals surface area (Å²) in [6.07, 6.45) is 2.10. The van der Waals surface area contributed by atoms with E-state index >= 15 is 0 Å². The van der Waals surface area contributed by atoms with Gasteiger partial charge in [-0.05, 0) is 35.1 Å². The normalized spacial score (nSPS) is 24.1. The van der Waals surface area contributed by atoms with Crippen molar-refractivity contribution in [2.75, 3.05) is 19.7 Å². The summed E-state index contributed by atoms with van der Waals surface area (Å²) in [5.41, 5.74) is 5.05. The Hall–Kier alpha value is -2.33. The third kappa shape index (κ3) is 2.35. The molecule has 2 unspecified atom stereocenters. The molecule has 5 rings (SSSR count). The molecule has 3 aliphatic rings. The first kappa shape index (κ1) is 15.0. The number of carbonyl (C=O) groups is 1. The van der Waals surface area contributed by atoms with E-state index in [-0.39, 0.29) is 12.0 Å². The molecule has 2 aliphatic carbocycles. The van der Waals surface area contributed by atoms with E-state index in [2.05, 4.69) is 53.8 Å². The SMILES string of the molecule is O=C(OCC1c2ccccc2-c2ccccc21)N1CCNC2CCC21. The Kier molecular flexibility index (Phi) is 3.52. The van der Waals surface area contributed by atoms with Crippen LogP contribution in [0, 0.1) is 0 Å². The average Bonchev–Trinajstić information content (AvgIpc) is 2.94. The van der Waals surface area contributed by atoms with Crippen LogP contribution in [-0.4, -0.2) is 42.8 Å². The van der Waals surface area contributed by atoms with Gasteiger partial charge in [0.1, 0.15) is 6.61 Å². The van der Waals surface area contributed by atoms with Crippen molar-refractivity contribution in [1.29, 1.82) is 0 Å². The van der Waals surface area contributed by atoms with Gasteiger partial charge in [-0.1, -0.05) is 48.5 Å². The summed E-state index contributed by atoms with van der Waals surface area (Å²) in [5, 5.41) is 3.48. The third-order valence-corrected chi connectivity index (χ3v) is 5.97. The van der Waals surface area contributed by atoms with Crippen molar-refractivity contribution in [2.45, 2.75) is 30.8 Å². The zero-order valence-corrected chi connectivity index (χ0v) is 14.2. The second-order valence-corrected chi connectivity index (χ2v) is 7.20. The van der Waals surface area contributed by atoms with E-state index in [1.807, 2.05) is 4.90 Å². The fraction of sp³-hybridized carbons (Fsp3) is 0.381. The van der Waals surface area contributed by atoms with E-state index in [4.69, 9.17) is 4.74 Å². The van der Waals surface area contributed by atoms with Crippen molar-refractivity contribution >= 4 is 6.09 Å². The monoisotopic (exact) mass is 334 g/mol. The molecule has 1 aliphatic heterocycles. The highest BCUT2D eigenvalue weighted by Crippen LogP contribution is 2.44. The Morgan fingerprint density at radius 2 is 1.72 bits per heavy atom. The molecule has 25 heavy (non-hydrogen) atoms. The Morgan fingerprint density at radius 1 is 1.04 bits per heavy atom. The minimum Gasteiger partial charge on any atom is -0.448 e. The Morgan fingerprint density at radius 3 is 2.36 bits per heavy atom. The van der Waals surface area contributed by atoms with Crippen LogP contribution in [-0.2, 0) is 4.74 Å².